The lowest BCUT2D eigenvalue weighted by molar-refractivity contribution is 0.141. The third kappa shape index (κ3) is 5.68. The molecule has 1 unspecified atom stereocenters. The van der Waals surface area contributed by atoms with Crippen molar-refractivity contribution in [3.05, 3.63) is 95.3 Å². The van der Waals surface area contributed by atoms with Crippen molar-refractivity contribution >= 4 is 17.3 Å². The van der Waals surface area contributed by atoms with Crippen molar-refractivity contribution in [1.82, 2.24) is 25.2 Å². The summed E-state index contributed by atoms with van der Waals surface area (Å²) in [5, 5.41) is 25.3. The van der Waals surface area contributed by atoms with Gasteiger partial charge in [-0.15, -0.1) is 5.53 Å². The van der Waals surface area contributed by atoms with Crippen LogP contribution in [0.3, 0.4) is 0 Å². The van der Waals surface area contributed by atoms with Gasteiger partial charge in [0.1, 0.15) is 11.6 Å². The van der Waals surface area contributed by atoms with Crippen LogP contribution in [-0.2, 0) is 13.0 Å². The van der Waals surface area contributed by atoms with E-state index in [1.807, 2.05) is 35.1 Å². The van der Waals surface area contributed by atoms with Crippen LogP contribution < -0.4 is 22.1 Å². The van der Waals surface area contributed by atoms with Crippen molar-refractivity contribution in [3.63, 3.8) is 0 Å². The minimum Gasteiger partial charge on any atom is -0.508 e. The van der Waals surface area contributed by atoms with Crippen LogP contribution in [0.1, 0.15) is 34.6 Å². The summed E-state index contributed by atoms with van der Waals surface area (Å²) in [5.74, 6) is 1.57. The van der Waals surface area contributed by atoms with Crippen LogP contribution in [0, 0.1) is 5.92 Å². The number of aliphatic hydroxyl groups excluding tert-OH is 1. The normalized spacial score (nSPS) is 19.4. The SMILES string of the molecule is Nc1cc(C(CCN2C[C@H](Cc3ccccc3)[C@@H](O)C2)c2cnn(Cc3cccc(O)c3)c2)c2c(n1)NNN2. The van der Waals surface area contributed by atoms with E-state index in [4.69, 9.17) is 5.73 Å². The number of pyridine rings is 1. The predicted octanol–water partition coefficient (Wildman–Crippen LogP) is 2.93. The number of aliphatic hydroxyl groups is 1. The van der Waals surface area contributed by atoms with Crippen molar-refractivity contribution in [2.45, 2.75) is 31.4 Å². The monoisotopic (exact) mass is 526 g/mol. The number of aromatic nitrogens is 3. The maximum Gasteiger partial charge on any atom is 0.169 e. The predicted molar refractivity (Wildman–Crippen MR) is 151 cm³/mol. The van der Waals surface area contributed by atoms with Crippen LogP contribution in [0.15, 0.2) is 73.1 Å². The zero-order chi connectivity index (χ0) is 26.8. The Morgan fingerprint density at radius 1 is 1.03 bits per heavy atom. The van der Waals surface area contributed by atoms with E-state index in [-0.39, 0.29) is 23.7 Å². The van der Waals surface area contributed by atoms with Gasteiger partial charge in [-0.05, 0) is 59.8 Å². The highest BCUT2D eigenvalue weighted by molar-refractivity contribution is 5.75. The molecule has 0 aliphatic carbocycles. The van der Waals surface area contributed by atoms with Gasteiger partial charge in [-0.2, -0.15) is 5.10 Å². The first kappa shape index (κ1) is 25.2. The molecule has 1 saturated heterocycles. The molecule has 4 aromatic rings. The largest absolute Gasteiger partial charge is 0.508 e. The Morgan fingerprint density at radius 2 is 1.87 bits per heavy atom. The second kappa shape index (κ2) is 10.9. The van der Waals surface area contributed by atoms with Crippen molar-refractivity contribution < 1.29 is 10.2 Å². The number of aromatic hydroxyl groups is 1. The van der Waals surface area contributed by atoms with Crippen molar-refractivity contribution in [1.29, 1.82) is 0 Å². The fourth-order valence-corrected chi connectivity index (χ4v) is 5.78. The second-order valence-corrected chi connectivity index (χ2v) is 10.5. The van der Waals surface area contributed by atoms with Crippen LogP contribution in [0.5, 0.6) is 5.75 Å². The molecule has 0 bridgehead atoms. The first-order chi connectivity index (χ1) is 19.0. The van der Waals surface area contributed by atoms with Gasteiger partial charge in [-0.3, -0.25) is 10.1 Å². The highest BCUT2D eigenvalue weighted by atomic mass is 16.3. The standard InChI is InChI=1S/C29H34N8O2/c30-27-13-25(28-29(32-27)34-35-33-28)24(22-14-31-37(17-22)15-20-7-4-8-23(38)12-20)9-10-36-16-21(26(39)18-36)11-19-5-2-1-3-6-19/h1-8,12-14,17,21,24,26,33,35,38-39H,9-11,15-16,18H2,(H3,30,32,34)/t21-,24?,26-/m0/s1. The number of rotatable bonds is 9. The highest BCUT2D eigenvalue weighted by Gasteiger charge is 2.32. The molecule has 10 heteroatoms. The number of phenolic OH excluding ortho intramolecular Hbond substituents is 1. The number of nitrogens with zero attached hydrogens (tertiary/aromatic N) is 4. The van der Waals surface area contributed by atoms with Crippen LogP contribution in [-0.4, -0.2) is 55.6 Å². The third-order valence-electron chi connectivity index (χ3n) is 7.68. The maximum absolute atomic E-state index is 10.8. The number of nitrogen functional groups attached to an aromatic ring is 1. The molecule has 2 aliphatic rings. The lowest BCUT2D eigenvalue weighted by atomic mass is 9.89. The molecule has 0 spiro atoms. The summed E-state index contributed by atoms with van der Waals surface area (Å²) in [7, 11) is 0. The van der Waals surface area contributed by atoms with E-state index in [9.17, 15) is 10.2 Å². The van der Waals surface area contributed by atoms with Crippen LogP contribution >= 0.6 is 0 Å². The Kier molecular flexibility index (Phi) is 7.06. The number of hydrogen-bond donors (Lipinski definition) is 6. The second-order valence-electron chi connectivity index (χ2n) is 10.5. The summed E-state index contributed by atoms with van der Waals surface area (Å²) in [6, 6.07) is 19.5. The number of phenols is 1. The lowest BCUT2D eigenvalue weighted by Crippen LogP contribution is -2.25. The Morgan fingerprint density at radius 3 is 2.72 bits per heavy atom. The number of nitrogens with two attached hydrogens (primary N) is 1. The molecule has 39 heavy (non-hydrogen) atoms. The number of anilines is 3. The zero-order valence-electron chi connectivity index (χ0n) is 21.7. The van der Waals surface area contributed by atoms with Crippen molar-refractivity contribution in [2.24, 2.45) is 5.92 Å². The highest BCUT2D eigenvalue weighted by Crippen LogP contribution is 2.39. The topological polar surface area (TPSA) is 137 Å². The molecule has 1 fully saturated rings. The van der Waals surface area contributed by atoms with E-state index >= 15 is 0 Å². The van der Waals surface area contributed by atoms with Gasteiger partial charge in [-0.25, -0.2) is 4.98 Å². The van der Waals surface area contributed by atoms with Gasteiger partial charge in [0.2, 0.25) is 0 Å². The van der Waals surface area contributed by atoms with E-state index < -0.39 is 0 Å². The quantitative estimate of drug-likeness (QED) is 0.194. The van der Waals surface area contributed by atoms with Gasteiger partial charge in [-0.1, -0.05) is 42.5 Å². The summed E-state index contributed by atoms with van der Waals surface area (Å²) >= 11 is 0. The zero-order valence-corrected chi connectivity index (χ0v) is 21.7. The first-order valence-electron chi connectivity index (χ1n) is 13.3. The fraction of sp³-hybridized carbons (Fsp3) is 0.310. The van der Waals surface area contributed by atoms with E-state index in [1.165, 1.54) is 5.56 Å². The number of benzene rings is 2. The van der Waals surface area contributed by atoms with Crippen LogP contribution in [0.2, 0.25) is 0 Å². The number of likely N-dealkylation sites (tertiary alicyclic amines) is 1. The molecule has 0 amide bonds. The van der Waals surface area contributed by atoms with Crippen LogP contribution in [0.4, 0.5) is 17.3 Å². The van der Waals surface area contributed by atoms with E-state index in [0.29, 0.717) is 24.7 Å². The Labute approximate surface area is 227 Å². The molecule has 10 nitrogen and oxygen atoms in total. The number of hydrazine groups is 2. The van der Waals surface area contributed by atoms with Crippen LogP contribution in [0.25, 0.3) is 0 Å². The summed E-state index contributed by atoms with van der Waals surface area (Å²) < 4.78 is 1.89. The lowest BCUT2D eigenvalue weighted by Gasteiger charge is -2.23. The number of fused-ring (bicyclic) bond motifs is 1. The van der Waals surface area contributed by atoms with Gasteiger partial charge < -0.3 is 26.3 Å². The molecular weight excluding hydrogens is 492 g/mol. The molecule has 0 radical (unpaired) electrons. The van der Waals surface area contributed by atoms with Gasteiger partial charge in [0.05, 0.1) is 24.5 Å². The summed E-state index contributed by atoms with van der Waals surface area (Å²) in [6.07, 6.45) is 5.32. The van der Waals surface area contributed by atoms with Gasteiger partial charge in [0.25, 0.3) is 0 Å². The number of hydrogen-bond acceptors (Lipinski definition) is 9. The Hall–Kier alpha value is -4.12. The average molecular weight is 527 g/mol. The average Bonchev–Trinajstić information content (AvgIpc) is 3.66. The molecule has 2 aromatic carbocycles. The fourth-order valence-electron chi connectivity index (χ4n) is 5.78. The molecule has 2 aliphatic heterocycles. The minimum atomic E-state index is -0.343. The molecule has 6 rings (SSSR count). The van der Waals surface area contributed by atoms with Crippen molar-refractivity contribution in [3.8, 4) is 5.75 Å². The molecule has 3 atom stereocenters. The Bertz CT molecular complexity index is 1430. The third-order valence-corrected chi connectivity index (χ3v) is 7.68. The van der Waals surface area contributed by atoms with E-state index in [2.05, 4.69) is 61.8 Å². The molecule has 7 N–H and O–H groups in total. The maximum atomic E-state index is 10.8. The molecule has 202 valence electrons. The molecule has 4 heterocycles. The first-order valence-corrected chi connectivity index (χ1v) is 13.3. The van der Waals surface area contributed by atoms with Gasteiger partial charge in [0.15, 0.2) is 5.82 Å². The van der Waals surface area contributed by atoms with E-state index in [1.54, 1.807) is 12.1 Å². The number of β-amino-alcohol motifs (C(OH)–C–C–N with tert-alkyl or cyclic N) is 1. The minimum absolute atomic E-state index is 0.00138. The molecular formula is C29H34N8O2. The summed E-state index contributed by atoms with van der Waals surface area (Å²) in [4.78, 5) is 6.77. The van der Waals surface area contributed by atoms with E-state index in [0.717, 1.165) is 48.3 Å². The van der Waals surface area contributed by atoms with Gasteiger partial charge >= 0.3 is 0 Å². The molecule has 2 aromatic heterocycles. The van der Waals surface area contributed by atoms with Gasteiger partial charge in [0, 0.05) is 31.1 Å². The number of nitrogens with one attached hydrogen (secondary N) is 3. The molecule has 0 saturated carbocycles. The van der Waals surface area contributed by atoms with Crippen molar-refractivity contribution in [2.75, 3.05) is 36.2 Å². The summed E-state index contributed by atoms with van der Waals surface area (Å²) in [5.41, 5.74) is 20.5. The Balaban J connectivity index is 1.22. The summed E-state index contributed by atoms with van der Waals surface area (Å²) in [6.45, 7) is 2.90. The smallest absolute Gasteiger partial charge is 0.169 e.